The number of halogens is 3. The number of carbonyl (C=O) groups is 1. The quantitative estimate of drug-likeness (QED) is 0.835. The molecule has 7 nitrogen and oxygen atoms in total. The van der Waals surface area contributed by atoms with Crippen LogP contribution in [0.15, 0.2) is 0 Å². The molecular formula is C9H11F3N4O3S. The summed E-state index contributed by atoms with van der Waals surface area (Å²) in [7, 11) is 0. The van der Waals surface area contributed by atoms with Crippen molar-refractivity contribution in [3.05, 3.63) is 5.01 Å². The van der Waals surface area contributed by atoms with Gasteiger partial charge >= 0.3 is 12.2 Å². The minimum atomic E-state index is -4.58. The van der Waals surface area contributed by atoms with E-state index in [-0.39, 0.29) is 16.5 Å². The van der Waals surface area contributed by atoms with Crippen LogP contribution in [-0.4, -0.2) is 29.1 Å². The second-order valence-electron chi connectivity index (χ2n) is 3.88. The van der Waals surface area contributed by atoms with Gasteiger partial charge in [-0.25, -0.2) is 15.1 Å². The Balaban J connectivity index is 1.77. The van der Waals surface area contributed by atoms with Crippen LogP contribution in [0.5, 0.6) is 0 Å². The molecule has 0 unspecified atom stereocenters. The van der Waals surface area contributed by atoms with Crippen molar-refractivity contribution in [3.63, 3.8) is 0 Å². The Morgan fingerprint density at radius 2 is 2.20 bits per heavy atom. The monoisotopic (exact) mass is 312 g/mol. The number of anilines is 1. The molecule has 1 aromatic rings. The third-order valence-electron chi connectivity index (χ3n) is 2.31. The molecule has 1 aromatic heterocycles. The highest BCUT2D eigenvalue weighted by atomic mass is 32.1. The van der Waals surface area contributed by atoms with Crippen molar-refractivity contribution in [2.45, 2.75) is 31.7 Å². The molecule has 0 aromatic carbocycles. The van der Waals surface area contributed by atoms with Gasteiger partial charge in [-0.1, -0.05) is 11.3 Å². The van der Waals surface area contributed by atoms with Crippen molar-refractivity contribution >= 4 is 22.5 Å². The Hall–Kier alpha value is -1.46. The molecule has 112 valence electrons. The Kier molecular flexibility index (Phi) is 4.73. The molecule has 1 aliphatic heterocycles. The predicted octanol–water partition coefficient (Wildman–Crippen LogP) is 2.14. The third kappa shape index (κ3) is 4.28. The Bertz CT molecular complexity index is 462. The molecule has 2 N–H and O–H groups in total. The van der Waals surface area contributed by atoms with Gasteiger partial charge < -0.3 is 4.74 Å². The molecule has 1 fully saturated rings. The van der Waals surface area contributed by atoms with Gasteiger partial charge in [0, 0.05) is 13.0 Å². The first-order valence-corrected chi connectivity index (χ1v) is 6.52. The Morgan fingerprint density at radius 3 is 2.80 bits per heavy atom. The fraction of sp³-hybridized carbons (Fsp3) is 0.667. The van der Waals surface area contributed by atoms with Crippen molar-refractivity contribution in [2.24, 2.45) is 0 Å². The predicted molar refractivity (Wildman–Crippen MR) is 61.7 cm³/mol. The normalized spacial score (nSPS) is 19.6. The summed E-state index contributed by atoms with van der Waals surface area (Å²) in [6.45, 7) is 0.541. The number of carbonyl (C=O) groups excluding carboxylic acids is 1. The molecule has 0 radical (unpaired) electrons. The molecule has 2 rings (SSSR count). The number of aromatic nitrogens is 2. The van der Waals surface area contributed by atoms with Crippen LogP contribution in [0.4, 0.5) is 23.1 Å². The van der Waals surface area contributed by atoms with Crippen LogP contribution in [0.2, 0.25) is 0 Å². The van der Waals surface area contributed by atoms with E-state index in [2.05, 4.69) is 15.5 Å². The third-order valence-corrected chi connectivity index (χ3v) is 3.19. The van der Waals surface area contributed by atoms with Crippen molar-refractivity contribution in [1.82, 2.24) is 15.7 Å². The number of amides is 2. The number of alkyl halides is 3. The lowest BCUT2D eigenvalue weighted by Crippen LogP contribution is -2.35. The van der Waals surface area contributed by atoms with E-state index < -0.39 is 23.5 Å². The standard InChI is InChI=1S/C9H11F3N4O3S/c10-9(11,12)6-14-15-8(20-6)13-7(17)16-19-5-3-1-2-4-18-5/h5H,1-4H2,(H2,13,15,16,17)/t5-/m1/s1. The molecule has 2 heterocycles. The fourth-order valence-corrected chi connectivity index (χ4v) is 2.04. The largest absolute Gasteiger partial charge is 0.445 e. The molecule has 1 aliphatic rings. The highest BCUT2D eigenvalue weighted by Crippen LogP contribution is 2.32. The SMILES string of the molecule is O=C(NO[C@@H]1CCCCO1)Nc1nnc(C(F)(F)F)s1. The van der Waals surface area contributed by atoms with Gasteiger partial charge in [0.1, 0.15) is 0 Å². The molecular weight excluding hydrogens is 301 g/mol. The summed E-state index contributed by atoms with van der Waals surface area (Å²) in [5.41, 5.74) is 2.03. The first-order chi connectivity index (χ1) is 9.45. The number of rotatable bonds is 3. The highest BCUT2D eigenvalue weighted by Gasteiger charge is 2.35. The lowest BCUT2D eigenvalue weighted by atomic mass is 10.2. The van der Waals surface area contributed by atoms with Crippen molar-refractivity contribution < 1.29 is 27.5 Å². The average Bonchev–Trinajstić information content (AvgIpc) is 2.86. The van der Waals surface area contributed by atoms with Gasteiger partial charge in [-0.2, -0.15) is 13.2 Å². The summed E-state index contributed by atoms with van der Waals surface area (Å²) in [6.07, 6.45) is -2.65. The summed E-state index contributed by atoms with van der Waals surface area (Å²) in [5, 5.41) is 6.81. The van der Waals surface area contributed by atoms with Crippen molar-refractivity contribution in [3.8, 4) is 0 Å². The molecule has 0 spiro atoms. The maximum atomic E-state index is 12.3. The van der Waals surface area contributed by atoms with E-state index in [1.807, 2.05) is 5.48 Å². The van der Waals surface area contributed by atoms with Crippen LogP contribution in [-0.2, 0) is 15.8 Å². The van der Waals surface area contributed by atoms with Crippen LogP contribution in [0.3, 0.4) is 0 Å². The van der Waals surface area contributed by atoms with E-state index in [1.165, 1.54) is 0 Å². The lowest BCUT2D eigenvalue weighted by molar-refractivity contribution is -0.185. The lowest BCUT2D eigenvalue weighted by Gasteiger charge is -2.21. The zero-order valence-electron chi connectivity index (χ0n) is 10.1. The smallest absolute Gasteiger partial charge is 0.350 e. The zero-order valence-corrected chi connectivity index (χ0v) is 10.9. The summed E-state index contributed by atoms with van der Waals surface area (Å²) in [4.78, 5) is 16.3. The molecule has 0 aliphatic carbocycles. The molecule has 20 heavy (non-hydrogen) atoms. The number of hydroxylamine groups is 1. The summed E-state index contributed by atoms with van der Waals surface area (Å²) < 4.78 is 42.0. The van der Waals surface area contributed by atoms with Gasteiger partial charge in [0.2, 0.25) is 10.1 Å². The van der Waals surface area contributed by atoms with Gasteiger partial charge in [0.25, 0.3) is 0 Å². The molecule has 0 bridgehead atoms. The van der Waals surface area contributed by atoms with Gasteiger partial charge in [-0.05, 0) is 12.8 Å². The minimum Gasteiger partial charge on any atom is -0.350 e. The average molecular weight is 312 g/mol. The Morgan fingerprint density at radius 1 is 1.40 bits per heavy atom. The number of ether oxygens (including phenoxy) is 1. The van der Waals surface area contributed by atoms with Crippen LogP contribution in [0, 0.1) is 0 Å². The van der Waals surface area contributed by atoms with E-state index in [0.717, 1.165) is 12.8 Å². The van der Waals surface area contributed by atoms with Crippen LogP contribution < -0.4 is 10.8 Å². The minimum absolute atomic E-state index is 0.224. The molecule has 2 amide bonds. The molecule has 0 saturated carbocycles. The number of nitrogens with one attached hydrogen (secondary N) is 2. The highest BCUT2D eigenvalue weighted by molar-refractivity contribution is 7.15. The number of hydrogen-bond donors (Lipinski definition) is 2. The Labute approximate surface area is 115 Å². The second kappa shape index (κ2) is 6.33. The van der Waals surface area contributed by atoms with Crippen molar-refractivity contribution in [2.75, 3.05) is 11.9 Å². The molecule has 1 saturated heterocycles. The second-order valence-corrected chi connectivity index (χ2v) is 4.86. The number of hydrogen-bond acceptors (Lipinski definition) is 6. The maximum Gasteiger partial charge on any atom is 0.445 e. The van der Waals surface area contributed by atoms with Crippen LogP contribution >= 0.6 is 11.3 Å². The molecule has 1 atom stereocenters. The topological polar surface area (TPSA) is 85.4 Å². The summed E-state index contributed by atoms with van der Waals surface area (Å²) >= 11 is 0.224. The number of urea groups is 1. The van der Waals surface area contributed by atoms with Gasteiger partial charge in [0.05, 0.1) is 0 Å². The van der Waals surface area contributed by atoms with Crippen LogP contribution in [0.1, 0.15) is 24.3 Å². The van der Waals surface area contributed by atoms with Gasteiger partial charge in [-0.15, -0.1) is 10.2 Å². The number of nitrogens with zero attached hydrogens (tertiary/aromatic N) is 2. The van der Waals surface area contributed by atoms with E-state index in [0.29, 0.717) is 13.0 Å². The fourth-order valence-electron chi connectivity index (χ4n) is 1.43. The van der Waals surface area contributed by atoms with E-state index in [4.69, 9.17) is 9.57 Å². The maximum absolute atomic E-state index is 12.3. The van der Waals surface area contributed by atoms with Crippen LogP contribution in [0.25, 0.3) is 0 Å². The van der Waals surface area contributed by atoms with Gasteiger partial charge in [-0.3, -0.25) is 5.32 Å². The summed E-state index contributed by atoms with van der Waals surface area (Å²) in [6, 6.07) is -0.843. The van der Waals surface area contributed by atoms with Crippen molar-refractivity contribution in [1.29, 1.82) is 0 Å². The van der Waals surface area contributed by atoms with E-state index in [9.17, 15) is 18.0 Å². The summed E-state index contributed by atoms with van der Waals surface area (Å²) in [5.74, 6) is 0. The zero-order chi connectivity index (χ0) is 14.6. The molecule has 11 heteroatoms. The first-order valence-electron chi connectivity index (χ1n) is 5.70. The van der Waals surface area contributed by atoms with E-state index in [1.54, 1.807) is 0 Å². The van der Waals surface area contributed by atoms with Gasteiger partial charge in [0.15, 0.2) is 6.29 Å². The van der Waals surface area contributed by atoms with E-state index >= 15 is 0 Å². The first kappa shape index (κ1) is 14.9.